The molecule has 0 aliphatic carbocycles. The van der Waals surface area contributed by atoms with Crippen molar-refractivity contribution < 1.29 is 13.6 Å². The summed E-state index contributed by atoms with van der Waals surface area (Å²) in [4.78, 5) is 0. The molecule has 0 aliphatic heterocycles. The van der Waals surface area contributed by atoms with E-state index in [2.05, 4.69) is 5.20 Å². The molecular weight excluding hydrogens is 299 g/mol. The fourth-order valence-electron chi connectivity index (χ4n) is 1.84. The minimum absolute atomic E-state index is 0.460. The van der Waals surface area contributed by atoms with E-state index in [0.717, 1.165) is 0 Å². The van der Waals surface area contributed by atoms with Crippen molar-refractivity contribution in [1.82, 2.24) is 4.68 Å². The zero-order valence-corrected chi connectivity index (χ0v) is 12.6. The number of nitrogens with zero attached hydrogens (tertiary/aromatic N) is 1. The maximum Gasteiger partial charge on any atom is 0.556 e. The lowest BCUT2D eigenvalue weighted by atomic mass is 10.3. The van der Waals surface area contributed by atoms with Crippen LogP contribution in [0.3, 0.4) is 0 Å². The Bertz CT molecular complexity index is 700. The molecule has 0 saturated heterocycles. The van der Waals surface area contributed by atoms with Crippen LogP contribution in [0.15, 0.2) is 85.2 Å². The van der Waals surface area contributed by atoms with Gasteiger partial charge in [0.2, 0.25) is 0 Å². The normalized spacial score (nSPS) is 10.9. The highest BCUT2D eigenvalue weighted by atomic mass is 31.2. The van der Waals surface area contributed by atoms with Gasteiger partial charge in [-0.15, -0.1) is 0 Å². The Balaban J connectivity index is 1.85. The van der Waals surface area contributed by atoms with Gasteiger partial charge in [0.15, 0.2) is 0 Å². The summed E-state index contributed by atoms with van der Waals surface area (Å²) in [6.45, 7) is 0. The second-order valence-corrected chi connectivity index (χ2v) is 6.06. The minimum atomic E-state index is -3.64. The quantitative estimate of drug-likeness (QED) is 0.689. The van der Waals surface area contributed by atoms with Crippen LogP contribution in [-0.4, -0.2) is 4.68 Å². The van der Waals surface area contributed by atoms with E-state index in [4.69, 9.17) is 9.05 Å². The highest BCUT2D eigenvalue weighted by Gasteiger charge is 2.29. The highest BCUT2D eigenvalue weighted by molar-refractivity contribution is 7.55. The number of benzene rings is 2. The Labute approximate surface area is 128 Å². The maximum atomic E-state index is 13.0. The average Bonchev–Trinajstić information content (AvgIpc) is 3.01. The second kappa shape index (κ2) is 6.41. The van der Waals surface area contributed by atoms with Gasteiger partial charge in [0, 0.05) is 12.4 Å². The van der Waals surface area contributed by atoms with Crippen molar-refractivity contribution >= 4 is 7.75 Å². The van der Waals surface area contributed by atoms with E-state index in [1.807, 2.05) is 24.3 Å². The first-order valence-corrected chi connectivity index (χ1v) is 8.28. The summed E-state index contributed by atoms with van der Waals surface area (Å²) in [5.41, 5.74) is 0. The third kappa shape index (κ3) is 3.71. The molecule has 0 bridgehead atoms. The van der Waals surface area contributed by atoms with Crippen molar-refractivity contribution in [3.8, 4) is 11.5 Å². The first-order chi connectivity index (χ1) is 10.7. The van der Waals surface area contributed by atoms with Crippen LogP contribution in [0.25, 0.3) is 0 Å². The Hall–Kier alpha value is -2.65. The number of aromatic nitrogens is 1. The molecular formula is C16H15N2O3P. The van der Waals surface area contributed by atoms with Crippen molar-refractivity contribution in [3.63, 3.8) is 0 Å². The Kier molecular flexibility index (Phi) is 4.17. The van der Waals surface area contributed by atoms with Crippen molar-refractivity contribution in [1.29, 1.82) is 0 Å². The standard InChI is InChI=1S/C16H15N2O3P/c19-22(17-18-13-7-8-14-18,20-15-9-3-1-4-10-15)21-16-11-5-2-6-12-16/h1-14H,(H,17,19). The monoisotopic (exact) mass is 314 g/mol. The van der Waals surface area contributed by atoms with Gasteiger partial charge in [-0.1, -0.05) is 36.4 Å². The van der Waals surface area contributed by atoms with Crippen LogP contribution in [0.2, 0.25) is 0 Å². The lowest BCUT2D eigenvalue weighted by molar-refractivity contribution is 0.387. The van der Waals surface area contributed by atoms with Gasteiger partial charge in [-0.3, -0.25) is 4.68 Å². The lowest BCUT2D eigenvalue weighted by Crippen LogP contribution is -2.17. The van der Waals surface area contributed by atoms with E-state index in [-0.39, 0.29) is 0 Å². The molecule has 2 aromatic carbocycles. The molecule has 0 spiro atoms. The van der Waals surface area contributed by atoms with E-state index < -0.39 is 7.75 Å². The summed E-state index contributed by atoms with van der Waals surface area (Å²) < 4.78 is 25.7. The van der Waals surface area contributed by atoms with E-state index >= 15 is 0 Å². The zero-order valence-electron chi connectivity index (χ0n) is 11.7. The van der Waals surface area contributed by atoms with Gasteiger partial charge in [-0.05, 0) is 36.4 Å². The first-order valence-electron chi connectivity index (χ1n) is 6.74. The summed E-state index contributed by atoms with van der Waals surface area (Å²) in [6, 6.07) is 21.4. The fourth-order valence-corrected chi connectivity index (χ4v) is 3.18. The van der Waals surface area contributed by atoms with Gasteiger partial charge in [-0.2, -0.15) is 0 Å². The topological polar surface area (TPSA) is 52.5 Å². The molecule has 1 aromatic heterocycles. The van der Waals surface area contributed by atoms with Crippen LogP contribution in [0.5, 0.6) is 11.5 Å². The van der Waals surface area contributed by atoms with Gasteiger partial charge < -0.3 is 9.05 Å². The van der Waals surface area contributed by atoms with Crippen molar-refractivity contribution in [2.75, 3.05) is 5.20 Å². The molecule has 22 heavy (non-hydrogen) atoms. The molecule has 0 fully saturated rings. The molecule has 0 atom stereocenters. The van der Waals surface area contributed by atoms with Crippen LogP contribution >= 0.6 is 7.75 Å². The molecule has 0 saturated carbocycles. The molecule has 1 N–H and O–H groups in total. The SMILES string of the molecule is O=P(Nn1cccc1)(Oc1ccccc1)Oc1ccccc1. The average molecular weight is 314 g/mol. The van der Waals surface area contributed by atoms with E-state index in [1.54, 1.807) is 60.9 Å². The predicted octanol–water partition coefficient (Wildman–Crippen LogP) is 4.30. The molecule has 0 unspecified atom stereocenters. The van der Waals surface area contributed by atoms with Gasteiger partial charge >= 0.3 is 7.75 Å². The Morgan fingerprint density at radius 1 is 0.727 bits per heavy atom. The largest absolute Gasteiger partial charge is 0.556 e. The van der Waals surface area contributed by atoms with Crippen LogP contribution in [0, 0.1) is 0 Å². The van der Waals surface area contributed by atoms with E-state index in [0.29, 0.717) is 11.5 Å². The molecule has 3 aromatic rings. The number of para-hydroxylation sites is 2. The van der Waals surface area contributed by atoms with Gasteiger partial charge in [-0.25, -0.2) is 9.76 Å². The molecule has 0 aliphatic rings. The predicted molar refractivity (Wildman–Crippen MR) is 85.5 cm³/mol. The molecule has 6 heteroatoms. The van der Waals surface area contributed by atoms with Crippen LogP contribution in [0.4, 0.5) is 0 Å². The number of hydrogen-bond donors (Lipinski definition) is 1. The maximum absolute atomic E-state index is 13.0. The van der Waals surface area contributed by atoms with E-state index in [9.17, 15) is 4.57 Å². The minimum Gasteiger partial charge on any atom is -0.399 e. The molecule has 0 amide bonds. The highest BCUT2D eigenvalue weighted by Crippen LogP contribution is 2.45. The summed E-state index contributed by atoms with van der Waals surface area (Å²) >= 11 is 0. The summed E-state index contributed by atoms with van der Waals surface area (Å²) in [5.74, 6) is 0.919. The number of hydrogen-bond acceptors (Lipinski definition) is 3. The van der Waals surface area contributed by atoms with Crippen LogP contribution < -0.4 is 14.2 Å². The van der Waals surface area contributed by atoms with Gasteiger partial charge in [0.1, 0.15) is 11.5 Å². The zero-order chi connectivity index (χ0) is 15.3. The molecule has 112 valence electrons. The van der Waals surface area contributed by atoms with Gasteiger partial charge in [0.25, 0.3) is 0 Å². The molecule has 1 heterocycles. The fraction of sp³-hybridized carbons (Fsp3) is 0. The summed E-state index contributed by atoms with van der Waals surface area (Å²) in [6.07, 6.45) is 3.44. The van der Waals surface area contributed by atoms with Crippen LogP contribution in [0.1, 0.15) is 0 Å². The van der Waals surface area contributed by atoms with Crippen LogP contribution in [-0.2, 0) is 4.57 Å². The van der Waals surface area contributed by atoms with Crippen molar-refractivity contribution in [3.05, 3.63) is 85.2 Å². The lowest BCUT2D eigenvalue weighted by Gasteiger charge is -2.21. The molecule has 3 rings (SSSR count). The molecule has 0 radical (unpaired) electrons. The van der Waals surface area contributed by atoms with Gasteiger partial charge in [0.05, 0.1) is 0 Å². The second-order valence-electron chi connectivity index (χ2n) is 4.50. The van der Waals surface area contributed by atoms with Crippen molar-refractivity contribution in [2.24, 2.45) is 0 Å². The first kappa shape index (κ1) is 14.3. The Morgan fingerprint density at radius 3 is 1.64 bits per heavy atom. The summed E-state index contributed by atoms with van der Waals surface area (Å²) in [5, 5.41) is 2.76. The van der Waals surface area contributed by atoms with Crippen molar-refractivity contribution in [2.45, 2.75) is 0 Å². The van der Waals surface area contributed by atoms with E-state index in [1.165, 1.54) is 4.68 Å². The molecule has 5 nitrogen and oxygen atoms in total. The third-order valence-electron chi connectivity index (χ3n) is 2.78. The smallest absolute Gasteiger partial charge is 0.399 e. The Morgan fingerprint density at radius 2 is 1.18 bits per heavy atom. The number of rotatable bonds is 6. The third-order valence-corrected chi connectivity index (χ3v) is 4.16. The summed E-state index contributed by atoms with van der Waals surface area (Å²) in [7, 11) is -3.64. The number of nitrogens with one attached hydrogen (secondary N) is 1.